The van der Waals surface area contributed by atoms with Crippen molar-refractivity contribution < 1.29 is 18.3 Å². The molecule has 1 heterocycles. The Balaban J connectivity index is 2.46. The van der Waals surface area contributed by atoms with Gasteiger partial charge in [0.2, 0.25) is 10.0 Å². The Morgan fingerprint density at radius 3 is 2.65 bits per heavy atom. The fourth-order valence-corrected chi connectivity index (χ4v) is 3.22. The van der Waals surface area contributed by atoms with E-state index in [1.165, 1.54) is 0 Å². The highest BCUT2D eigenvalue weighted by Gasteiger charge is 2.35. The molecular weight excluding hydrogens is 278 g/mol. The molecule has 2 N–H and O–H groups in total. The summed E-state index contributed by atoms with van der Waals surface area (Å²) in [6, 6.07) is 5.04. The second-order valence-corrected chi connectivity index (χ2v) is 7.76. The summed E-state index contributed by atoms with van der Waals surface area (Å²) in [6.45, 7) is 5.53. The molecule has 1 aromatic rings. The third kappa shape index (κ3) is 3.50. The normalized spacial score (nSPS) is 22.8. The van der Waals surface area contributed by atoms with Gasteiger partial charge in [-0.3, -0.25) is 0 Å². The zero-order valence-electron chi connectivity index (χ0n) is 12.2. The summed E-state index contributed by atoms with van der Waals surface area (Å²) in [5.41, 5.74) is 1.07. The van der Waals surface area contributed by atoms with E-state index >= 15 is 0 Å². The minimum absolute atomic E-state index is 0.345. The largest absolute Gasteiger partial charge is 0.487 e. The smallest absolute Gasteiger partial charge is 0.209 e. The van der Waals surface area contributed by atoms with Crippen LogP contribution in [0.3, 0.4) is 0 Å². The number of hydrogen-bond donors (Lipinski definition) is 2. The molecule has 5 nitrogen and oxygen atoms in total. The fourth-order valence-electron chi connectivity index (χ4n) is 2.50. The molecule has 112 valence electrons. The van der Waals surface area contributed by atoms with Crippen molar-refractivity contribution in [1.29, 1.82) is 0 Å². The van der Waals surface area contributed by atoms with Crippen LogP contribution in [0, 0.1) is 0 Å². The number of rotatable bonds is 3. The molecule has 1 aliphatic heterocycles. The molecule has 0 radical (unpaired) electrons. The van der Waals surface area contributed by atoms with Gasteiger partial charge in [-0.25, -0.2) is 13.1 Å². The Hall–Kier alpha value is -1.11. The van der Waals surface area contributed by atoms with Gasteiger partial charge < -0.3 is 9.84 Å². The third-order valence-corrected chi connectivity index (χ3v) is 4.04. The molecule has 0 saturated heterocycles. The van der Waals surface area contributed by atoms with Gasteiger partial charge in [0.1, 0.15) is 11.4 Å². The Morgan fingerprint density at radius 1 is 1.45 bits per heavy atom. The fraction of sp³-hybridized carbons (Fsp3) is 0.571. The van der Waals surface area contributed by atoms with Crippen LogP contribution in [0.4, 0.5) is 0 Å². The maximum absolute atomic E-state index is 11.5. The first kappa shape index (κ1) is 15.3. The minimum atomic E-state index is -3.32. The molecule has 2 atom stereocenters. The maximum atomic E-state index is 11.5. The second kappa shape index (κ2) is 5.02. The van der Waals surface area contributed by atoms with E-state index in [-0.39, 0.29) is 6.04 Å². The van der Waals surface area contributed by atoms with Crippen molar-refractivity contribution in [2.75, 3.05) is 6.26 Å². The Kier molecular flexibility index (Phi) is 3.83. The molecule has 0 amide bonds. The monoisotopic (exact) mass is 299 g/mol. The summed E-state index contributed by atoms with van der Waals surface area (Å²) < 4.78 is 31.6. The number of fused-ring (bicyclic) bond motifs is 1. The lowest BCUT2D eigenvalue weighted by Crippen LogP contribution is -2.41. The average Bonchev–Trinajstić information content (AvgIpc) is 2.24. The number of hydrogen-bond acceptors (Lipinski definition) is 4. The van der Waals surface area contributed by atoms with E-state index < -0.39 is 21.7 Å². The first-order valence-corrected chi connectivity index (χ1v) is 8.45. The molecule has 0 saturated carbocycles. The van der Waals surface area contributed by atoms with Crippen LogP contribution in [-0.4, -0.2) is 25.4 Å². The highest BCUT2D eigenvalue weighted by Crippen LogP contribution is 2.40. The van der Waals surface area contributed by atoms with Gasteiger partial charge in [0.05, 0.1) is 18.4 Å². The number of aliphatic hydroxyl groups excluding tert-OH is 1. The van der Waals surface area contributed by atoms with E-state index in [9.17, 15) is 13.5 Å². The molecule has 0 bridgehead atoms. The van der Waals surface area contributed by atoms with E-state index in [4.69, 9.17) is 4.74 Å². The van der Waals surface area contributed by atoms with Crippen LogP contribution >= 0.6 is 0 Å². The third-order valence-electron chi connectivity index (χ3n) is 3.33. The zero-order chi connectivity index (χ0) is 15.1. The molecule has 0 aromatic heterocycles. The highest BCUT2D eigenvalue weighted by molar-refractivity contribution is 7.88. The van der Waals surface area contributed by atoms with Crippen molar-refractivity contribution in [3.63, 3.8) is 0 Å². The van der Waals surface area contributed by atoms with E-state index in [0.29, 0.717) is 12.2 Å². The standard InChI is InChI=1S/C14H21NO4S/c1-9(16)10-5-6-13-11(7-10)12(15-20(4,17)18)8-14(2,3)19-13/h5-7,9,12,15-16H,8H2,1-4H3. The molecule has 2 unspecified atom stereocenters. The number of aliphatic hydroxyl groups is 1. The lowest BCUT2D eigenvalue weighted by molar-refractivity contribution is 0.0700. The van der Waals surface area contributed by atoms with Crippen LogP contribution in [-0.2, 0) is 10.0 Å². The van der Waals surface area contributed by atoms with Crippen molar-refractivity contribution in [3.8, 4) is 5.75 Å². The van der Waals surface area contributed by atoms with Crippen LogP contribution in [0.2, 0.25) is 0 Å². The summed E-state index contributed by atoms with van der Waals surface area (Å²) in [7, 11) is -3.32. The predicted octanol–water partition coefficient (Wildman–Crippen LogP) is 1.89. The van der Waals surface area contributed by atoms with Gasteiger partial charge in [-0.2, -0.15) is 0 Å². The Bertz CT molecular complexity index is 608. The van der Waals surface area contributed by atoms with Crippen molar-refractivity contribution in [2.24, 2.45) is 0 Å². The van der Waals surface area contributed by atoms with Gasteiger partial charge in [-0.1, -0.05) is 6.07 Å². The second-order valence-electron chi connectivity index (χ2n) is 5.98. The number of nitrogens with one attached hydrogen (secondary N) is 1. The summed E-state index contributed by atoms with van der Waals surface area (Å²) in [5.74, 6) is 0.659. The number of benzene rings is 1. The number of ether oxygens (including phenoxy) is 1. The van der Waals surface area contributed by atoms with E-state index in [1.807, 2.05) is 13.8 Å². The minimum Gasteiger partial charge on any atom is -0.487 e. The first-order chi connectivity index (χ1) is 9.07. The molecule has 0 fully saturated rings. The summed E-state index contributed by atoms with van der Waals surface area (Å²) in [4.78, 5) is 0. The topological polar surface area (TPSA) is 75.6 Å². The van der Waals surface area contributed by atoms with Crippen molar-refractivity contribution in [1.82, 2.24) is 4.72 Å². The average molecular weight is 299 g/mol. The van der Waals surface area contributed by atoms with E-state index in [1.54, 1.807) is 25.1 Å². The highest BCUT2D eigenvalue weighted by atomic mass is 32.2. The SMILES string of the molecule is CC(O)c1ccc2c(c1)C(NS(C)(=O)=O)CC(C)(C)O2. The Morgan fingerprint density at radius 2 is 2.10 bits per heavy atom. The predicted molar refractivity (Wildman–Crippen MR) is 77.1 cm³/mol. The molecule has 0 spiro atoms. The van der Waals surface area contributed by atoms with Crippen LogP contribution in [0.25, 0.3) is 0 Å². The lowest BCUT2D eigenvalue weighted by atomic mass is 9.89. The van der Waals surface area contributed by atoms with Crippen molar-refractivity contribution in [3.05, 3.63) is 29.3 Å². The van der Waals surface area contributed by atoms with Crippen LogP contribution in [0.1, 0.15) is 50.5 Å². The summed E-state index contributed by atoms with van der Waals surface area (Å²) >= 11 is 0. The van der Waals surface area contributed by atoms with Gasteiger partial charge >= 0.3 is 0 Å². The Labute approximate surface area is 120 Å². The van der Waals surface area contributed by atoms with Gasteiger partial charge in [-0.05, 0) is 38.5 Å². The molecular formula is C14H21NO4S. The van der Waals surface area contributed by atoms with Crippen LogP contribution in [0.5, 0.6) is 5.75 Å². The zero-order valence-corrected chi connectivity index (χ0v) is 13.0. The molecule has 2 rings (SSSR count). The van der Waals surface area contributed by atoms with Crippen LogP contribution in [0.15, 0.2) is 18.2 Å². The molecule has 20 heavy (non-hydrogen) atoms. The first-order valence-electron chi connectivity index (χ1n) is 6.56. The molecule has 0 aliphatic carbocycles. The van der Waals surface area contributed by atoms with Crippen molar-refractivity contribution in [2.45, 2.75) is 44.9 Å². The van der Waals surface area contributed by atoms with Gasteiger partial charge in [0.25, 0.3) is 0 Å². The quantitative estimate of drug-likeness (QED) is 0.893. The van der Waals surface area contributed by atoms with Crippen molar-refractivity contribution >= 4 is 10.0 Å². The summed E-state index contributed by atoms with van der Waals surface area (Å²) in [6.07, 6.45) is 1.08. The van der Waals surface area contributed by atoms with E-state index in [0.717, 1.165) is 17.4 Å². The van der Waals surface area contributed by atoms with Gasteiger partial charge in [-0.15, -0.1) is 0 Å². The maximum Gasteiger partial charge on any atom is 0.209 e. The lowest BCUT2D eigenvalue weighted by Gasteiger charge is -2.38. The van der Waals surface area contributed by atoms with Gasteiger partial charge in [0.15, 0.2) is 0 Å². The molecule has 6 heteroatoms. The van der Waals surface area contributed by atoms with Crippen LogP contribution < -0.4 is 9.46 Å². The van der Waals surface area contributed by atoms with E-state index in [2.05, 4.69) is 4.72 Å². The number of sulfonamides is 1. The molecule has 1 aliphatic rings. The van der Waals surface area contributed by atoms with Gasteiger partial charge in [0, 0.05) is 12.0 Å². The molecule has 1 aromatic carbocycles. The summed E-state index contributed by atoms with van der Waals surface area (Å²) in [5, 5.41) is 9.67.